The molecular formula is C16H31N3O. The molecule has 0 aliphatic carbocycles. The molecule has 20 heavy (non-hydrogen) atoms. The third-order valence-electron chi connectivity index (χ3n) is 4.70. The standard InChI is InChI=1S/C16H31N3O/c1-13(2)15(19-10-4-3-5-11-19)16(20)18-9-7-14-6-8-17-12-14/h13-15,17H,3-12H2,1-2H3,(H,18,20). The van der Waals surface area contributed by atoms with Gasteiger partial charge in [-0.15, -0.1) is 0 Å². The molecule has 0 aromatic rings. The lowest BCUT2D eigenvalue weighted by molar-refractivity contribution is -0.128. The second kappa shape index (κ2) is 7.99. The molecule has 0 bridgehead atoms. The van der Waals surface area contributed by atoms with Crippen LogP contribution in [0.2, 0.25) is 0 Å². The maximum absolute atomic E-state index is 12.5. The number of rotatable bonds is 6. The summed E-state index contributed by atoms with van der Waals surface area (Å²) in [5.74, 6) is 1.39. The Hall–Kier alpha value is -0.610. The van der Waals surface area contributed by atoms with E-state index < -0.39 is 0 Å². The molecule has 1 amide bonds. The molecule has 2 aliphatic heterocycles. The number of carbonyl (C=O) groups is 1. The number of likely N-dealkylation sites (tertiary alicyclic amines) is 1. The number of hydrogen-bond acceptors (Lipinski definition) is 3. The summed E-state index contributed by atoms with van der Waals surface area (Å²) in [5.41, 5.74) is 0. The van der Waals surface area contributed by atoms with E-state index in [0.29, 0.717) is 5.92 Å². The van der Waals surface area contributed by atoms with Crippen molar-refractivity contribution in [3.8, 4) is 0 Å². The lowest BCUT2D eigenvalue weighted by atomic mass is 9.98. The predicted molar refractivity (Wildman–Crippen MR) is 82.7 cm³/mol. The Morgan fingerprint density at radius 2 is 2.05 bits per heavy atom. The Morgan fingerprint density at radius 3 is 2.65 bits per heavy atom. The zero-order valence-electron chi connectivity index (χ0n) is 13.2. The van der Waals surface area contributed by atoms with Crippen LogP contribution >= 0.6 is 0 Å². The van der Waals surface area contributed by atoms with Gasteiger partial charge in [-0.2, -0.15) is 0 Å². The first-order chi connectivity index (χ1) is 9.68. The van der Waals surface area contributed by atoms with Crippen molar-refractivity contribution in [2.24, 2.45) is 11.8 Å². The lowest BCUT2D eigenvalue weighted by Crippen LogP contribution is -2.51. The van der Waals surface area contributed by atoms with Crippen molar-refractivity contribution >= 4 is 5.91 Å². The highest BCUT2D eigenvalue weighted by Crippen LogP contribution is 2.18. The van der Waals surface area contributed by atoms with Crippen LogP contribution < -0.4 is 10.6 Å². The predicted octanol–water partition coefficient (Wildman–Crippen LogP) is 1.61. The van der Waals surface area contributed by atoms with Crippen molar-refractivity contribution in [1.82, 2.24) is 15.5 Å². The third-order valence-corrected chi connectivity index (χ3v) is 4.70. The monoisotopic (exact) mass is 281 g/mol. The second-order valence-electron chi connectivity index (χ2n) is 6.72. The number of piperidine rings is 1. The van der Waals surface area contributed by atoms with E-state index in [9.17, 15) is 4.79 Å². The van der Waals surface area contributed by atoms with Gasteiger partial charge in [-0.05, 0) is 63.7 Å². The Bertz CT molecular complexity index is 294. The fourth-order valence-electron chi connectivity index (χ4n) is 3.55. The topological polar surface area (TPSA) is 44.4 Å². The van der Waals surface area contributed by atoms with Crippen LogP contribution in [-0.2, 0) is 4.79 Å². The molecule has 4 heteroatoms. The minimum Gasteiger partial charge on any atom is -0.355 e. The number of nitrogens with one attached hydrogen (secondary N) is 2. The Kier molecular flexibility index (Phi) is 6.30. The molecule has 2 heterocycles. The largest absolute Gasteiger partial charge is 0.355 e. The van der Waals surface area contributed by atoms with E-state index >= 15 is 0 Å². The highest BCUT2D eigenvalue weighted by Gasteiger charge is 2.29. The minimum atomic E-state index is 0.0667. The van der Waals surface area contributed by atoms with Gasteiger partial charge in [0.25, 0.3) is 0 Å². The molecule has 116 valence electrons. The quantitative estimate of drug-likeness (QED) is 0.777. The first-order valence-corrected chi connectivity index (χ1v) is 8.41. The Balaban J connectivity index is 1.76. The molecule has 2 fully saturated rings. The highest BCUT2D eigenvalue weighted by molar-refractivity contribution is 5.82. The summed E-state index contributed by atoms with van der Waals surface area (Å²) in [6.45, 7) is 9.60. The van der Waals surface area contributed by atoms with Crippen molar-refractivity contribution in [2.45, 2.75) is 52.0 Å². The van der Waals surface area contributed by atoms with Crippen molar-refractivity contribution < 1.29 is 4.79 Å². The van der Waals surface area contributed by atoms with Crippen LogP contribution in [0.4, 0.5) is 0 Å². The minimum absolute atomic E-state index is 0.0667. The van der Waals surface area contributed by atoms with Gasteiger partial charge >= 0.3 is 0 Å². The SMILES string of the molecule is CC(C)C(C(=O)NCCC1CCNC1)N1CCCCC1. The van der Waals surface area contributed by atoms with Crippen LogP contribution in [-0.4, -0.2) is 49.6 Å². The first kappa shape index (κ1) is 15.8. The number of hydrogen-bond donors (Lipinski definition) is 2. The summed E-state index contributed by atoms with van der Waals surface area (Å²) < 4.78 is 0. The van der Waals surface area contributed by atoms with Crippen molar-refractivity contribution in [1.29, 1.82) is 0 Å². The van der Waals surface area contributed by atoms with E-state index in [-0.39, 0.29) is 11.9 Å². The van der Waals surface area contributed by atoms with Crippen LogP contribution in [0.25, 0.3) is 0 Å². The summed E-state index contributed by atoms with van der Waals surface area (Å²) in [6.07, 6.45) is 6.17. The lowest BCUT2D eigenvalue weighted by Gasteiger charge is -2.35. The van der Waals surface area contributed by atoms with Crippen LogP contribution in [0.3, 0.4) is 0 Å². The van der Waals surface area contributed by atoms with Gasteiger partial charge in [0.1, 0.15) is 0 Å². The molecular weight excluding hydrogens is 250 g/mol. The maximum Gasteiger partial charge on any atom is 0.237 e. The summed E-state index contributed by atoms with van der Waals surface area (Å²) >= 11 is 0. The highest BCUT2D eigenvalue weighted by atomic mass is 16.2. The average molecular weight is 281 g/mol. The van der Waals surface area contributed by atoms with E-state index in [1.165, 1.54) is 25.7 Å². The van der Waals surface area contributed by atoms with E-state index in [2.05, 4.69) is 29.4 Å². The number of carbonyl (C=O) groups excluding carboxylic acids is 1. The fraction of sp³-hybridized carbons (Fsp3) is 0.938. The fourth-order valence-corrected chi connectivity index (χ4v) is 3.55. The van der Waals surface area contributed by atoms with Gasteiger partial charge in [-0.3, -0.25) is 9.69 Å². The zero-order chi connectivity index (χ0) is 14.4. The van der Waals surface area contributed by atoms with Gasteiger partial charge in [0, 0.05) is 6.54 Å². The van der Waals surface area contributed by atoms with Crippen LogP contribution in [0, 0.1) is 11.8 Å². The summed E-state index contributed by atoms with van der Waals surface area (Å²) in [4.78, 5) is 14.9. The third kappa shape index (κ3) is 4.45. The van der Waals surface area contributed by atoms with E-state index in [1.54, 1.807) is 0 Å². The molecule has 0 radical (unpaired) electrons. The molecule has 0 aromatic heterocycles. The summed E-state index contributed by atoms with van der Waals surface area (Å²) in [6, 6.07) is 0.0667. The van der Waals surface area contributed by atoms with Gasteiger partial charge in [0.2, 0.25) is 5.91 Å². The number of amides is 1. The van der Waals surface area contributed by atoms with E-state index in [4.69, 9.17) is 0 Å². The maximum atomic E-state index is 12.5. The van der Waals surface area contributed by atoms with E-state index in [1.807, 2.05) is 0 Å². The van der Waals surface area contributed by atoms with Gasteiger partial charge in [0.15, 0.2) is 0 Å². The van der Waals surface area contributed by atoms with Gasteiger partial charge < -0.3 is 10.6 Å². The molecule has 2 rings (SSSR count). The van der Waals surface area contributed by atoms with Crippen LogP contribution in [0.1, 0.15) is 46.0 Å². The molecule has 4 nitrogen and oxygen atoms in total. The molecule has 2 aliphatic rings. The molecule has 2 saturated heterocycles. The normalized spacial score (nSPS) is 25.9. The molecule has 0 spiro atoms. The van der Waals surface area contributed by atoms with Crippen LogP contribution in [0.15, 0.2) is 0 Å². The van der Waals surface area contributed by atoms with Crippen molar-refractivity contribution in [2.75, 3.05) is 32.7 Å². The first-order valence-electron chi connectivity index (χ1n) is 8.41. The van der Waals surface area contributed by atoms with Crippen molar-refractivity contribution in [3.05, 3.63) is 0 Å². The molecule has 2 atom stereocenters. The zero-order valence-corrected chi connectivity index (χ0v) is 13.2. The number of nitrogens with zero attached hydrogens (tertiary/aromatic N) is 1. The summed E-state index contributed by atoms with van der Waals surface area (Å²) in [7, 11) is 0. The Morgan fingerprint density at radius 1 is 1.30 bits per heavy atom. The smallest absolute Gasteiger partial charge is 0.237 e. The molecule has 0 aromatic carbocycles. The average Bonchev–Trinajstić information content (AvgIpc) is 2.93. The van der Waals surface area contributed by atoms with Gasteiger partial charge in [-0.1, -0.05) is 20.3 Å². The molecule has 2 N–H and O–H groups in total. The molecule has 0 saturated carbocycles. The second-order valence-corrected chi connectivity index (χ2v) is 6.72. The Labute approximate surface area is 123 Å². The molecule has 2 unspecified atom stereocenters. The van der Waals surface area contributed by atoms with Crippen LogP contribution in [0.5, 0.6) is 0 Å². The van der Waals surface area contributed by atoms with Crippen molar-refractivity contribution in [3.63, 3.8) is 0 Å². The van der Waals surface area contributed by atoms with Gasteiger partial charge in [0.05, 0.1) is 6.04 Å². The van der Waals surface area contributed by atoms with E-state index in [0.717, 1.165) is 45.1 Å². The van der Waals surface area contributed by atoms with Gasteiger partial charge in [-0.25, -0.2) is 0 Å². The summed E-state index contributed by atoms with van der Waals surface area (Å²) in [5, 5.41) is 6.56.